The van der Waals surface area contributed by atoms with Gasteiger partial charge in [0.1, 0.15) is 0 Å². The van der Waals surface area contributed by atoms with Gasteiger partial charge in [-0.2, -0.15) is 5.10 Å². The fourth-order valence-electron chi connectivity index (χ4n) is 3.17. The smallest absolute Gasteiger partial charge is 0.311 e. The zero-order chi connectivity index (χ0) is 20.3. The molecule has 5 heteroatoms. The fourth-order valence-corrected chi connectivity index (χ4v) is 3.17. The van der Waals surface area contributed by atoms with Crippen LogP contribution >= 0.6 is 0 Å². The maximum Gasteiger partial charge on any atom is 0.311 e. The Labute approximate surface area is 165 Å². The molecule has 0 spiro atoms. The van der Waals surface area contributed by atoms with E-state index in [9.17, 15) is 9.59 Å². The first kappa shape index (κ1) is 19.8. The predicted octanol–water partition coefficient (Wildman–Crippen LogP) is 3.85. The van der Waals surface area contributed by atoms with Gasteiger partial charge in [0.25, 0.3) is 5.56 Å². The van der Waals surface area contributed by atoms with E-state index in [2.05, 4.69) is 38.0 Å². The van der Waals surface area contributed by atoms with Gasteiger partial charge in [0.2, 0.25) is 0 Å². The summed E-state index contributed by atoms with van der Waals surface area (Å²) in [5.74, 6) is -0.347. The topological polar surface area (TPSA) is 61.2 Å². The van der Waals surface area contributed by atoms with E-state index in [1.165, 1.54) is 10.2 Å². The van der Waals surface area contributed by atoms with E-state index in [1.807, 2.05) is 30.3 Å². The molecule has 28 heavy (non-hydrogen) atoms. The molecule has 0 bridgehead atoms. The molecule has 0 atom stereocenters. The molecular weight excluding hydrogens is 352 g/mol. The van der Waals surface area contributed by atoms with Crippen molar-refractivity contribution >= 4 is 16.7 Å². The van der Waals surface area contributed by atoms with Crippen molar-refractivity contribution in [2.24, 2.45) is 0 Å². The van der Waals surface area contributed by atoms with Crippen LogP contribution in [0.2, 0.25) is 0 Å². The van der Waals surface area contributed by atoms with Gasteiger partial charge in [-0.3, -0.25) is 9.59 Å². The summed E-state index contributed by atoms with van der Waals surface area (Å²) in [7, 11) is 0. The van der Waals surface area contributed by atoms with Gasteiger partial charge in [0.05, 0.1) is 30.7 Å². The number of fused-ring (bicyclic) bond motifs is 1. The van der Waals surface area contributed by atoms with Crippen molar-refractivity contribution in [1.82, 2.24) is 9.78 Å². The Morgan fingerprint density at radius 2 is 1.68 bits per heavy atom. The number of nitrogens with zero attached hydrogens (tertiary/aromatic N) is 2. The summed E-state index contributed by atoms with van der Waals surface area (Å²) in [5, 5.41) is 5.75. The van der Waals surface area contributed by atoms with E-state index in [0.717, 1.165) is 5.56 Å². The number of carbonyl (C=O) groups is 1. The van der Waals surface area contributed by atoms with Crippen molar-refractivity contribution < 1.29 is 9.53 Å². The first-order valence-corrected chi connectivity index (χ1v) is 9.53. The highest BCUT2D eigenvalue weighted by atomic mass is 16.5. The third kappa shape index (κ3) is 4.30. The zero-order valence-corrected chi connectivity index (χ0v) is 16.9. The van der Waals surface area contributed by atoms with Crippen molar-refractivity contribution in [3.63, 3.8) is 0 Å². The SMILES string of the molecule is CCOC(=O)Cc1nn(Cc2ccc(C(C)(C)C)cc2)c(=O)c2ccccc12. The Morgan fingerprint density at radius 3 is 2.29 bits per heavy atom. The number of hydrogen-bond donors (Lipinski definition) is 0. The van der Waals surface area contributed by atoms with Gasteiger partial charge in [-0.1, -0.05) is 63.2 Å². The number of benzene rings is 2. The van der Waals surface area contributed by atoms with Crippen LogP contribution in [0.15, 0.2) is 53.3 Å². The van der Waals surface area contributed by atoms with Crippen LogP contribution < -0.4 is 5.56 Å². The standard InChI is InChI=1S/C23H26N2O3/c1-5-28-21(26)14-20-18-8-6-7-9-19(18)22(27)25(24-20)15-16-10-12-17(13-11-16)23(2,3)4/h6-13H,5,14-15H2,1-4H3. The highest BCUT2D eigenvalue weighted by Gasteiger charge is 2.16. The minimum absolute atomic E-state index is 0.0393. The Balaban J connectivity index is 2.00. The Morgan fingerprint density at radius 1 is 1.04 bits per heavy atom. The lowest BCUT2D eigenvalue weighted by molar-refractivity contribution is -0.142. The van der Waals surface area contributed by atoms with Gasteiger partial charge in [0.15, 0.2) is 0 Å². The number of ether oxygens (including phenoxy) is 1. The summed E-state index contributed by atoms with van der Waals surface area (Å²) in [4.78, 5) is 24.9. The van der Waals surface area contributed by atoms with Crippen molar-refractivity contribution in [3.05, 3.63) is 75.7 Å². The Kier molecular flexibility index (Phi) is 5.63. The predicted molar refractivity (Wildman–Crippen MR) is 111 cm³/mol. The van der Waals surface area contributed by atoms with Crippen LogP contribution in [0.25, 0.3) is 10.8 Å². The molecule has 3 aromatic rings. The summed E-state index contributed by atoms with van der Waals surface area (Å²) >= 11 is 0. The lowest BCUT2D eigenvalue weighted by Crippen LogP contribution is -2.26. The van der Waals surface area contributed by atoms with Gasteiger partial charge in [0, 0.05) is 5.39 Å². The molecule has 146 valence electrons. The van der Waals surface area contributed by atoms with Crippen LogP contribution in [0, 0.1) is 0 Å². The third-order valence-electron chi connectivity index (χ3n) is 4.71. The van der Waals surface area contributed by atoms with Gasteiger partial charge < -0.3 is 4.74 Å². The molecule has 0 N–H and O–H groups in total. The average Bonchev–Trinajstić information content (AvgIpc) is 2.65. The van der Waals surface area contributed by atoms with Gasteiger partial charge in [-0.15, -0.1) is 0 Å². The maximum absolute atomic E-state index is 12.9. The molecule has 0 aliphatic heterocycles. The maximum atomic E-state index is 12.9. The molecule has 0 fully saturated rings. The number of hydrogen-bond acceptors (Lipinski definition) is 4. The zero-order valence-electron chi connectivity index (χ0n) is 16.9. The van der Waals surface area contributed by atoms with Crippen LogP contribution in [-0.4, -0.2) is 22.4 Å². The second-order valence-corrected chi connectivity index (χ2v) is 7.88. The second kappa shape index (κ2) is 7.97. The number of esters is 1. The third-order valence-corrected chi connectivity index (χ3v) is 4.71. The van der Waals surface area contributed by atoms with E-state index in [-0.39, 0.29) is 23.4 Å². The molecule has 2 aromatic carbocycles. The Bertz CT molecular complexity index is 1040. The molecule has 0 aliphatic carbocycles. The average molecular weight is 378 g/mol. The van der Waals surface area contributed by atoms with Gasteiger partial charge >= 0.3 is 5.97 Å². The first-order valence-electron chi connectivity index (χ1n) is 9.53. The van der Waals surface area contributed by atoms with E-state index in [0.29, 0.717) is 29.6 Å². The molecule has 0 radical (unpaired) electrons. The molecule has 0 saturated heterocycles. The molecule has 1 aromatic heterocycles. The highest BCUT2D eigenvalue weighted by molar-refractivity contribution is 5.86. The second-order valence-electron chi connectivity index (χ2n) is 7.88. The molecule has 0 amide bonds. The normalized spacial score (nSPS) is 11.6. The number of carbonyl (C=O) groups excluding carboxylic acids is 1. The van der Waals surface area contributed by atoms with Crippen molar-refractivity contribution in [1.29, 1.82) is 0 Å². The molecular formula is C23H26N2O3. The Hall–Kier alpha value is -2.95. The highest BCUT2D eigenvalue weighted by Crippen LogP contribution is 2.22. The number of rotatable bonds is 5. The minimum atomic E-state index is -0.347. The van der Waals surface area contributed by atoms with Crippen LogP contribution in [0.4, 0.5) is 0 Å². The van der Waals surface area contributed by atoms with Crippen LogP contribution in [-0.2, 0) is 27.9 Å². The van der Waals surface area contributed by atoms with Crippen LogP contribution in [0.5, 0.6) is 0 Å². The fraction of sp³-hybridized carbons (Fsp3) is 0.348. The molecule has 5 nitrogen and oxygen atoms in total. The minimum Gasteiger partial charge on any atom is -0.466 e. The summed E-state index contributed by atoms with van der Waals surface area (Å²) in [6.07, 6.45) is 0.0393. The van der Waals surface area contributed by atoms with E-state index >= 15 is 0 Å². The molecule has 0 saturated carbocycles. The van der Waals surface area contributed by atoms with E-state index in [4.69, 9.17) is 4.74 Å². The first-order chi connectivity index (χ1) is 13.3. The summed E-state index contributed by atoms with van der Waals surface area (Å²) in [5.41, 5.74) is 2.68. The van der Waals surface area contributed by atoms with Crippen LogP contribution in [0.3, 0.4) is 0 Å². The molecule has 3 rings (SSSR count). The monoisotopic (exact) mass is 378 g/mol. The van der Waals surface area contributed by atoms with Gasteiger partial charge in [-0.25, -0.2) is 4.68 Å². The summed E-state index contributed by atoms with van der Waals surface area (Å²) in [6, 6.07) is 15.5. The lowest BCUT2D eigenvalue weighted by Gasteiger charge is -2.19. The number of aromatic nitrogens is 2. The largest absolute Gasteiger partial charge is 0.466 e. The van der Waals surface area contributed by atoms with Gasteiger partial charge in [-0.05, 0) is 29.5 Å². The summed E-state index contributed by atoms with van der Waals surface area (Å²) in [6.45, 7) is 8.93. The van der Waals surface area contributed by atoms with Crippen LogP contribution in [0.1, 0.15) is 44.5 Å². The van der Waals surface area contributed by atoms with Crippen molar-refractivity contribution in [3.8, 4) is 0 Å². The molecule has 1 heterocycles. The molecule has 0 unspecified atom stereocenters. The quantitative estimate of drug-likeness (QED) is 0.633. The van der Waals surface area contributed by atoms with Crippen molar-refractivity contribution in [2.45, 2.75) is 46.1 Å². The van der Waals surface area contributed by atoms with E-state index in [1.54, 1.807) is 13.0 Å². The lowest BCUT2D eigenvalue weighted by atomic mass is 9.87. The molecule has 0 aliphatic rings. The van der Waals surface area contributed by atoms with E-state index < -0.39 is 0 Å². The van der Waals surface area contributed by atoms with Crippen molar-refractivity contribution in [2.75, 3.05) is 6.61 Å². The summed E-state index contributed by atoms with van der Waals surface area (Å²) < 4.78 is 6.50.